The van der Waals surface area contributed by atoms with Crippen LogP contribution in [-0.2, 0) is 14.3 Å². The highest BCUT2D eigenvalue weighted by molar-refractivity contribution is 6.62. The summed E-state index contributed by atoms with van der Waals surface area (Å²) in [6, 6.07) is 5.84. The number of carbonyl (C=O) groups excluding carboxylic acids is 2. The third-order valence-corrected chi connectivity index (χ3v) is 3.54. The zero-order chi connectivity index (χ0) is 16.7. The Labute approximate surface area is 129 Å². The number of aryl methyl sites for hydroxylation is 1. The summed E-state index contributed by atoms with van der Waals surface area (Å²) in [7, 11) is 2.75. The number of ether oxygens (including phenoxy) is 2. The molecule has 0 aliphatic carbocycles. The van der Waals surface area contributed by atoms with Crippen molar-refractivity contribution in [3.8, 4) is 5.75 Å². The fourth-order valence-electron chi connectivity index (χ4n) is 2.15. The van der Waals surface area contributed by atoms with Crippen LogP contribution in [0.1, 0.15) is 36.8 Å². The predicted octanol–water partition coefficient (Wildman–Crippen LogP) is 2.30. The molecule has 0 N–H and O–H groups in total. The minimum Gasteiger partial charge on any atom is -0.496 e. The van der Waals surface area contributed by atoms with Gasteiger partial charge in [-0.25, -0.2) is 4.79 Å². The van der Waals surface area contributed by atoms with Crippen molar-refractivity contribution in [2.75, 3.05) is 14.2 Å². The summed E-state index contributed by atoms with van der Waals surface area (Å²) in [5, 5.41) is 0. The van der Waals surface area contributed by atoms with E-state index in [1.54, 1.807) is 7.11 Å². The van der Waals surface area contributed by atoms with Crippen LogP contribution in [0.2, 0.25) is 0 Å². The van der Waals surface area contributed by atoms with E-state index in [4.69, 9.17) is 10.3 Å². The van der Waals surface area contributed by atoms with Crippen molar-refractivity contribution in [2.45, 2.75) is 32.6 Å². The van der Waals surface area contributed by atoms with Gasteiger partial charge in [-0.3, -0.25) is 4.79 Å². The molecule has 22 heavy (non-hydrogen) atoms. The molecule has 118 valence electrons. The predicted molar refractivity (Wildman–Crippen MR) is 81.0 cm³/mol. The number of methoxy groups -OCH3 is 2. The maximum Gasteiger partial charge on any atom is 0.441 e. The fourth-order valence-corrected chi connectivity index (χ4v) is 2.15. The van der Waals surface area contributed by atoms with Crippen LogP contribution in [0.25, 0.3) is 5.53 Å². The van der Waals surface area contributed by atoms with Gasteiger partial charge in [-0.15, -0.1) is 0 Å². The van der Waals surface area contributed by atoms with E-state index < -0.39 is 17.5 Å². The largest absolute Gasteiger partial charge is 0.496 e. The van der Waals surface area contributed by atoms with E-state index >= 15 is 0 Å². The minimum atomic E-state index is -0.930. The monoisotopic (exact) mass is 304 g/mol. The highest BCUT2D eigenvalue weighted by Crippen LogP contribution is 2.26. The molecule has 0 bridgehead atoms. The number of hydrogen-bond acceptors (Lipinski definition) is 4. The molecule has 0 heterocycles. The molecule has 1 aromatic rings. The maximum atomic E-state index is 11.9. The first-order chi connectivity index (χ1) is 10.4. The molecule has 0 unspecified atom stereocenters. The summed E-state index contributed by atoms with van der Waals surface area (Å²) >= 11 is 0. The molecule has 1 rings (SSSR count). The van der Waals surface area contributed by atoms with E-state index in [-0.39, 0.29) is 12.3 Å². The molecule has 0 fully saturated rings. The zero-order valence-corrected chi connectivity index (χ0v) is 13.3. The number of hydrogen-bond donors (Lipinski definition) is 0. The van der Waals surface area contributed by atoms with E-state index in [1.165, 1.54) is 0 Å². The van der Waals surface area contributed by atoms with Gasteiger partial charge in [0.05, 0.1) is 14.2 Å². The first-order valence-electron chi connectivity index (χ1n) is 6.92. The van der Waals surface area contributed by atoms with E-state index in [0.29, 0.717) is 6.42 Å². The molecule has 0 radical (unpaired) electrons. The average molecular weight is 304 g/mol. The second-order valence-corrected chi connectivity index (χ2v) is 5.03. The van der Waals surface area contributed by atoms with Crippen LogP contribution in [0, 0.1) is 6.92 Å². The SMILES string of the molecule is COC(=O)C(=[N+]=[N-])C(=O)CC[C@@H](C)c1ccc(OC)c(C)c1. The van der Waals surface area contributed by atoms with Gasteiger partial charge in [-0.2, -0.15) is 4.79 Å². The molecular weight excluding hydrogens is 284 g/mol. The second kappa shape index (κ2) is 8.10. The lowest BCUT2D eigenvalue weighted by Crippen LogP contribution is -2.26. The molecule has 6 nitrogen and oxygen atoms in total. The van der Waals surface area contributed by atoms with Crippen LogP contribution in [0.15, 0.2) is 18.2 Å². The number of Topliss-reactive ketones (excluding diaryl/α,β-unsaturated/α-hetero) is 1. The van der Waals surface area contributed by atoms with Gasteiger partial charge in [0.25, 0.3) is 5.78 Å². The van der Waals surface area contributed by atoms with Gasteiger partial charge in [0, 0.05) is 6.42 Å². The van der Waals surface area contributed by atoms with Crippen LogP contribution in [-0.4, -0.2) is 36.5 Å². The highest BCUT2D eigenvalue weighted by Gasteiger charge is 2.30. The van der Waals surface area contributed by atoms with Crippen molar-refractivity contribution in [1.82, 2.24) is 0 Å². The van der Waals surface area contributed by atoms with Gasteiger partial charge in [0.2, 0.25) is 0 Å². The normalized spacial score (nSPS) is 11.3. The van der Waals surface area contributed by atoms with Crippen LogP contribution >= 0.6 is 0 Å². The second-order valence-electron chi connectivity index (χ2n) is 5.03. The van der Waals surface area contributed by atoms with Gasteiger partial charge >= 0.3 is 11.7 Å². The van der Waals surface area contributed by atoms with Crippen molar-refractivity contribution in [1.29, 1.82) is 0 Å². The Morgan fingerprint density at radius 2 is 2.00 bits per heavy atom. The molecular formula is C16H20N2O4. The first-order valence-corrected chi connectivity index (χ1v) is 6.92. The van der Waals surface area contributed by atoms with Gasteiger partial charge in [0.1, 0.15) is 5.75 Å². The fraction of sp³-hybridized carbons (Fsp3) is 0.438. The van der Waals surface area contributed by atoms with Crippen molar-refractivity contribution in [2.24, 2.45) is 0 Å². The topological polar surface area (TPSA) is 89.0 Å². The Kier molecular flexibility index (Phi) is 6.47. The molecule has 0 spiro atoms. The summed E-state index contributed by atoms with van der Waals surface area (Å²) in [5.41, 5.74) is 10.3. The summed E-state index contributed by atoms with van der Waals surface area (Å²) in [6.07, 6.45) is 0.626. The number of ketones is 1. The average Bonchev–Trinajstić information content (AvgIpc) is 2.52. The number of benzene rings is 1. The lowest BCUT2D eigenvalue weighted by atomic mass is 9.93. The Hall–Kier alpha value is -2.46. The number of esters is 1. The van der Waals surface area contributed by atoms with Crippen LogP contribution < -0.4 is 4.74 Å². The third kappa shape index (κ3) is 4.27. The van der Waals surface area contributed by atoms with Gasteiger partial charge < -0.3 is 15.0 Å². The Balaban J connectivity index is 2.72. The smallest absolute Gasteiger partial charge is 0.441 e. The molecule has 0 aromatic heterocycles. The Morgan fingerprint density at radius 1 is 1.32 bits per heavy atom. The highest BCUT2D eigenvalue weighted by atomic mass is 16.5. The maximum absolute atomic E-state index is 11.9. The summed E-state index contributed by atoms with van der Waals surface area (Å²) in [4.78, 5) is 25.9. The van der Waals surface area contributed by atoms with Crippen molar-refractivity contribution in [3.05, 3.63) is 34.9 Å². The lowest BCUT2D eigenvalue weighted by molar-refractivity contribution is -0.139. The molecule has 1 aromatic carbocycles. The van der Waals surface area contributed by atoms with Crippen LogP contribution in [0.5, 0.6) is 5.75 Å². The van der Waals surface area contributed by atoms with E-state index in [0.717, 1.165) is 24.0 Å². The molecule has 0 saturated carbocycles. The van der Waals surface area contributed by atoms with Crippen LogP contribution in [0.3, 0.4) is 0 Å². The van der Waals surface area contributed by atoms with Crippen molar-refractivity contribution in [3.63, 3.8) is 0 Å². The van der Waals surface area contributed by atoms with E-state index in [9.17, 15) is 9.59 Å². The Morgan fingerprint density at radius 3 is 2.50 bits per heavy atom. The molecule has 0 saturated heterocycles. The first kappa shape index (κ1) is 17.6. The summed E-state index contributed by atoms with van der Waals surface area (Å²) in [5.74, 6) is -0.537. The number of carbonyl (C=O) groups is 2. The zero-order valence-electron chi connectivity index (χ0n) is 13.3. The quantitative estimate of drug-likeness (QED) is 0.254. The molecule has 0 aliphatic heterocycles. The van der Waals surface area contributed by atoms with Gasteiger partial charge in [0.15, 0.2) is 0 Å². The summed E-state index contributed by atoms with van der Waals surface area (Å²) < 4.78 is 9.61. The molecule has 1 atom stereocenters. The Bertz CT molecular complexity index is 619. The standard InChI is InChI=1S/C16H20N2O4/c1-10(12-6-8-14(21-3)11(2)9-12)5-7-13(19)15(18-17)16(20)22-4/h6,8-10H,5,7H2,1-4H3/t10-/m1/s1. The molecule has 0 aliphatic rings. The minimum absolute atomic E-state index is 0.0980. The third-order valence-electron chi connectivity index (χ3n) is 3.54. The molecule has 0 amide bonds. The van der Waals surface area contributed by atoms with E-state index in [2.05, 4.69) is 9.53 Å². The lowest BCUT2D eigenvalue weighted by Gasteiger charge is -2.13. The summed E-state index contributed by atoms with van der Waals surface area (Å²) in [6.45, 7) is 3.94. The van der Waals surface area contributed by atoms with Crippen LogP contribution in [0.4, 0.5) is 0 Å². The van der Waals surface area contributed by atoms with E-state index in [1.807, 2.05) is 32.0 Å². The van der Waals surface area contributed by atoms with Gasteiger partial charge in [-0.1, -0.05) is 19.1 Å². The number of rotatable bonds is 7. The number of nitrogens with zero attached hydrogens (tertiary/aromatic N) is 2. The van der Waals surface area contributed by atoms with Crippen molar-refractivity contribution < 1.29 is 23.9 Å². The van der Waals surface area contributed by atoms with Crippen molar-refractivity contribution >= 4 is 17.5 Å². The molecule has 6 heteroatoms. The van der Waals surface area contributed by atoms with Gasteiger partial charge in [-0.05, 0) is 36.5 Å².